The highest BCUT2D eigenvalue weighted by atomic mass is 16.3. The third-order valence-electron chi connectivity index (χ3n) is 3.47. The first-order chi connectivity index (χ1) is 8.63. The molecule has 1 aliphatic rings. The summed E-state index contributed by atoms with van der Waals surface area (Å²) >= 11 is 0. The normalized spacial score (nSPS) is 23.8. The lowest BCUT2D eigenvalue weighted by molar-refractivity contribution is 0.0298. The fraction of sp³-hybridized carbons (Fsp3) is 0.538. The number of hydrogen-bond acceptors (Lipinski definition) is 4. The molecule has 5 nitrogen and oxygen atoms in total. The Kier molecular flexibility index (Phi) is 3.81. The molecular formula is C13H19N3O2. The SMILES string of the molecule is CNc1ccncc1C(=O)N1CCC(O)C(C)C1. The minimum Gasteiger partial charge on any atom is -0.393 e. The molecule has 1 aromatic rings. The monoisotopic (exact) mass is 249 g/mol. The topological polar surface area (TPSA) is 65.5 Å². The van der Waals surface area contributed by atoms with Crippen molar-refractivity contribution in [2.24, 2.45) is 5.92 Å². The average Bonchev–Trinajstić information content (AvgIpc) is 2.41. The molecule has 98 valence electrons. The van der Waals surface area contributed by atoms with Gasteiger partial charge in [-0.25, -0.2) is 0 Å². The molecule has 1 amide bonds. The van der Waals surface area contributed by atoms with Gasteiger partial charge in [-0.1, -0.05) is 6.92 Å². The highest BCUT2D eigenvalue weighted by Gasteiger charge is 2.28. The molecule has 1 aliphatic heterocycles. The Labute approximate surface area is 107 Å². The third kappa shape index (κ3) is 2.46. The molecule has 2 unspecified atom stereocenters. The zero-order valence-electron chi connectivity index (χ0n) is 10.8. The number of aliphatic hydroxyl groups is 1. The lowest BCUT2D eigenvalue weighted by atomic mass is 9.96. The Balaban J connectivity index is 2.16. The lowest BCUT2D eigenvalue weighted by Gasteiger charge is -2.34. The highest BCUT2D eigenvalue weighted by Crippen LogP contribution is 2.21. The van der Waals surface area contributed by atoms with E-state index in [9.17, 15) is 9.90 Å². The van der Waals surface area contributed by atoms with Gasteiger partial charge in [-0.05, 0) is 18.4 Å². The van der Waals surface area contributed by atoms with Crippen LogP contribution in [0, 0.1) is 5.92 Å². The van der Waals surface area contributed by atoms with Crippen molar-refractivity contribution in [2.75, 3.05) is 25.5 Å². The van der Waals surface area contributed by atoms with Crippen LogP contribution in [0.15, 0.2) is 18.5 Å². The maximum Gasteiger partial charge on any atom is 0.257 e. The van der Waals surface area contributed by atoms with Gasteiger partial charge in [0.25, 0.3) is 5.91 Å². The predicted octanol–water partition coefficient (Wildman–Crippen LogP) is 0.966. The van der Waals surface area contributed by atoms with Gasteiger partial charge in [0.2, 0.25) is 0 Å². The first-order valence-corrected chi connectivity index (χ1v) is 6.22. The fourth-order valence-electron chi connectivity index (χ4n) is 2.27. The summed E-state index contributed by atoms with van der Waals surface area (Å²) in [7, 11) is 1.79. The molecule has 0 aliphatic carbocycles. The van der Waals surface area contributed by atoms with Crippen LogP contribution in [0.2, 0.25) is 0 Å². The number of aliphatic hydroxyl groups excluding tert-OH is 1. The van der Waals surface area contributed by atoms with Crippen LogP contribution >= 0.6 is 0 Å². The summed E-state index contributed by atoms with van der Waals surface area (Å²) in [4.78, 5) is 18.2. The number of carbonyl (C=O) groups excluding carboxylic acids is 1. The molecular weight excluding hydrogens is 230 g/mol. The Morgan fingerprint density at radius 1 is 1.61 bits per heavy atom. The number of anilines is 1. The van der Waals surface area contributed by atoms with Crippen LogP contribution in [0.25, 0.3) is 0 Å². The summed E-state index contributed by atoms with van der Waals surface area (Å²) in [5.74, 6) is 0.101. The van der Waals surface area contributed by atoms with Crippen molar-refractivity contribution in [3.05, 3.63) is 24.0 Å². The molecule has 0 radical (unpaired) electrons. The summed E-state index contributed by atoms with van der Waals surface area (Å²) < 4.78 is 0. The second kappa shape index (κ2) is 5.35. The van der Waals surface area contributed by atoms with Gasteiger partial charge in [0.1, 0.15) is 0 Å². The van der Waals surface area contributed by atoms with E-state index in [1.165, 1.54) is 0 Å². The molecule has 0 aromatic carbocycles. The molecule has 2 N–H and O–H groups in total. The van der Waals surface area contributed by atoms with Crippen molar-refractivity contribution in [3.8, 4) is 0 Å². The summed E-state index contributed by atoms with van der Waals surface area (Å²) in [6.45, 7) is 3.16. The van der Waals surface area contributed by atoms with E-state index in [-0.39, 0.29) is 17.9 Å². The number of aromatic nitrogens is 1. The predicted molar refractivity (Wildman–Crippen MR) is 69.5 cm³/mol. The molecule has 2 atom stereocenters. The fourth-order valence-corrected chi connectivity index (χ4v) is 2.27. The summed E-state index contributed by atoms with van der Waals surface area (Å²) in [6, 6.07) is 1.79. The van der Waals surface area contributed by atoms with Crippen molar-refractivity contribution in [3.63, 3.8) is 0 Å². The first-order valence-electron chi connectivity index (χ1n) is 6.22. The van der Waals surface area contributed by atoms with E-state index >= 15 is 0 Å². The summed E-state index contributed by atoms with van der Waals surface area (Å²) in [6.07, 6.45) is 3.59. The molecule has 1 saturated heterocycles. The van der Waals surface area contributed by atoms with Crippen molar-refractivity contribution in [1.82, 2.24) is 9.88 Å². The van der Waals surface area contributed by atoms with Gasteiger partial charge in [-0.2, -0.15) is 0 Å². The number of nitrogens with zero attached hydrogens (tertiary/aromatic N) is 2. The average molecular weight is 249 g/mol. The van der Waals surface area contributed by atoms with Gasteiger partial charge in [0, 0.05) is 38.2 Å². The van der Waals surface area contributed by atoms with Crippen LogP contribution in [-0.4, -0.2) is 47.1 Å². The second-order valence-corrected chi connectivity index (χ2v) is 4.76. The number of pyridine rings is 1. The van der Waals surface area contributed by atoms with Crippen LogP contribution in [0.3, 0.4) is 0 Å². The van der Waals surface area contributed by atoms with E-state index in [1.807, 2.05) is 6.92 Å². The summed E-state index contributed by atoms with van der Waals surface area (Å²) in [5.41, 5.74) is 1.37. The number of piperidine rings is 1. The number of likely N-dealkylation sites (tertiary alicyclic amines) is 1. The number of carbonyl (C=O) groups is 1. The molecule has 1 aromatic heterocycles. The Morgan fingerprint density at radius 2 is 2.39 bits per heavy atom. The van der Waals surface area contributed by atoms with Gasteiger partial charge in [-0.3, -0.25) is 9.78 Å². The van der Waals surface area contributed by atoms with Gasteiger partial charge in [0.15, 0.2) is 0 Å². The van der Waals surface area contributed by atoms with Crippen molar-refractivity contribution in [1.29, 1.82) is 0 Å². The van der Waals surface area contributed by atoms with E-state index < -0.39 is 0 Å². The molecule has 0 bridgehead atoms. The minimum absolute atomic E-state index is 0.0220. The Morgan fingerprint density at radius 3 is 3.06 bits per heavy atom. The van der Waals surface area contributed by atoms with Crippen LogP contribution < -0.4 is 5.32 Å². The largest absolute Gasteiger partial charge is 0.393 e. The van der Waals surface area contributed by atoms with Gasteiger partial charge in [-0.15, -0.1) is 0 Å². The van der Waals surface area contributed by atoms with Crippen molar-refractivity contribution >= 4 is 11.6 Å². The van der Waals surface area contributed by atoms with E-state index in [4.69, 9.17) is 0 Å². The quantitative estimate of drug-likeness (QED) is 0.819. The van der Waals surface area contributed by atoms with Crippen molar-refractivity contribution in [2.45, 2.75) is 19.4 Å². The van der Waals surface area contributed by atoms with E-state index in [0.29, 0.717) is 25.1 Å². The van der Waals surface area contributed by atoms with E-state index in [0.717, 1.165) is 5.69 Å². The maximum absolute atomic E-state index is 12.4. The molecule has 0 saturated carbocycles. The van der Waals surface area contributed by atoms with Crippen LogP contribution in [-0.2, 0) is 0 Å². The molecule has 18 heavy (non-hydrogen) atoms. The number of amides is 1. The van der Waals surface area contributed by atoms with Gasteiger partial charge >= 0.3 is 0 Å². The van der Waals surface area contributed by atoms with Gasteiger partial charge in [0.05, 0.1) is 11.7 Å². The van der Waals surface area contributed by atoms with Crippen LogP contribution in [0.1, 0.15) is 23.7 Å². The minimum atomic E-state index is -0.299. The third-order valence-corrected chi connectivity index (χ3v) is 3.47. The van der Waals surface area contributed by atoms with Crippen molar-refractivity contribution < 1.29 is 9.90 Å². The van der Waals surface area contributed by atoms with Crippen LogP contribution in [0.4, 0.5) is 5.69 Å². The second-order valence-electron chi connectivity index (χ2n) is 4.76. The standard InChI is InChI=1S/C13H19N3O2/c1-9-8-16(6-4-12(9)17)13(18)10-7-15-5-3-11(10)14-2/h3,5,7,9,12,17H,4,6,8H2,1-2H3,(H,14,15). The lowest BCUT2D eigenvalue weighted by Crippen LogP contribution is -2.45. The number of nitrogens with one attached hydrogen (secondary N) is 1. The van der Waals surface area contributed by atoms with E-state index in [1.54, 1.807) is 30.4 Å². The smallest absolute Gasteiger partial charge is 0.257 e. The molecule has 0 spiro atoms. The zero-order valence-corrected chi connectivity index (χ0v) is 10.8. The first kappa shape index (κ1) is 12.8. The molecule has 1 fully saturated rings. The van der Waals surface area contributed by atoms with E-state index in [2.05, 4.69) is 10.3 Å². The Hall–Kier alpha value is -1.62. The van der Waals surface area contributed by atoms with Gasteiger partial charge < -0.3 is 15.3 Å². The molecule has 2 heterocycles. The molecule has 2 rings (SSSR count). The zero-order chi connectivity index (χ0) is 13.1. The summed E-state index contributed by atoms with van der Waals surface area (Å²) in [5, 5.41) is 12.7. The van der Waals surface area contributed by atoms with Crippen LogP contribution in [0.5, 0.6) is 0 Å². The Bertz CT molecular complexity index is 436. The number of rotatable bonds is 2. The maximum atomic E-state index is 12.4. The molecule has 5 heteroatoms. The highest BCUT2D eigenvalue weighted by molar-refractivity contribution is 5.99. The number of hydrogen-bond donors (Lipinski definition) is 2.